The molecule has 6 heteroatoms. The molecule has 0 aromatic heterocycles. The minimum absolute atomic E-state index is 0. The van der Waals surface area contributed by atoms with E-state index in [1.54, 1.807) is 17.0 Å². The van der Waals surface area contributed by atoms with Gasteiger partial charge in [-0.25, -0.2) is 0 Å². The van der Waals surface area contributed by atoms with Gasteiger partial charge in [-0.05, 0) is 41.3 Å². The van der Waals surface area contributed by atoms with Crippen LogP contribution < -0.4 is 44.3 Å². The maximum atomic E-state index is 12.6. The minimum Gasteiger partial charge on any atom is -0.545 e. The minimum atomic E-state index is -1.26. The summed E-state index contributed by atoms with van der Waals surface area (Å²) in [4.78, 5) is 25.2. The number of amides is 1. The van der Waals surface area contributed by atoms with Gasteiger partial charge in [0.15, 0.2) is 6.10 Å². The van der Waals surface area contributed by atoms with Crippen LogP contribution in [0.25, 0.3) is 0 Å². The molecule has 5 nitrogen and oxygen atoms in total. The van der Waals surface area contributed by atoms with Gasteiger partial charge in [0, 0.05) is 18.7 Å². The van der Waals surface area contributed by atoms with E-state index in [1.165, 1.54) is 17.7 Å². The van der Waals surface area contributed by atoms with E-state index < -0.39 is 12.1 Å². The molecule has 0 spiro atoms. The molecule has 1 amide bonds. The molecule has 26 heavy (non-hydrogen) atoms. The van der Waals surface area contributed by atoms with Crippen LogP contribution in [0.15, 0.2) is 48.5 Å². The molecule has 0 N–H and O–H groups in total. The summed E-state index contributed by atoms with van der Waals surface area (Å²) in [6, 6.07) is 14.0. The zero-order valence-corrected chi connectivity index (χ0v) is 17.3. The second-order valence-corrected chi connectivity index (χ2v) is 6.45. The van der Waals surface area contributed by atoms with Crippen LogP contribution >= 0.6 is 0 Å². The first-order chi connectivity index (χ1) is 12.0. The average molecular weight is 361 g/mol. The van der Waals surface area contributed by atoms with Crippen molar-refractivity contribution in [3.8, 4) is 5.75 Å². The van der Waals surface area contributed by atoms with E-state index in [0.717, 1.165) is 0 Å². The molecule has 3 rings (SSSR count). The maximum absolute atomic E-state index is 12.6. The fourth-order valence-electron chi connectivity index (χ4n) is 2.92. The largest absolute Gasteiger partial charge is 1.00 e. The summed E-state index contributed by atoms with van der Waals surface area (Å²) >= 11 is 0. The fourth-order valence-corrected chi connectivity index (χ4v) is 2.92. The zero-order chi connectivity index (χ0) is 18.0. The summed E-state index contributed by atoms with van der Waals surface area (Å²) in [6.45, 7) is 4.73. The van der Waals surface area contributed by atoms with Gasteiger partial charge in [0.2, 0.25) is 0 Å². The molecule has 0 saturated carbocycles. The molecule has 1 fully saturated rings. The Morgan fingerprint density at radius 3 is 2.50 bits per heavy atom. The number of nitrogens with zero attached hydrogens (tertiary/aromatic N) is 1. The van der Waals surface area contributed by atoms with Gasteiger partial charge in [-0.15, -0.1) is 0 Å². The summed E-state index contributed by atoms with van der Waals surface area (Å²) < 4.78 is 5.83. The van der Waals surface area contributed by atoms with Gasteiger partial charge >= 0.3 is 29.6 Å². The molecule has 0 aliphatic carbocycles. The van der Waals surface area contributed by atoms with Crippen LogP contribution in [-0.2, 0) is 4.79 Å². The number of anilines is 1. The van der Waals surface area contributed by atoms with Crippen molar-refractivity contribution in [3.63, 3.8) is 0 Å². The Balaban J connectivity index is 0.00000243. The van der Waals surface area contributed by atoms with Gasteiger partial charge in [-0.2, -0.15) is 0 Å². The quantitative estimate of drug-likeness (QED) is 0.665. The van der Waals surface area contributed by atoms with Crippen molar-refractivity contribution in [2.45, 2.75) is 32.3 Å². The van der Waals surface area contributed by atoms with Crippen molar-refractivity contribution in [2.75, 3.05) is 11.4 Å². The van der Waals surface area contributed by atoms with Crippen LogP contribution in [0.5, 0.6) is 5.75 Å². The number of aromatic carboxylic acids is 1. The third kappa shape index (κ3) is 4.47. The molecule has 0 radical (unpaired) electrons. The Kier molecular flexibility index (Phi) is 6.87. The number of carboxylic acid groups (broad SMARTS) is 1. The van der Waals surface area contributed by atoms with Gasteiger partial charge < -0.3 is 19.5 Å². The monoisotopic (exact) mass is 361 g/mol. The Morgan fingerprint density at radius 2 is 1.88 bits per heavy atom. The number of rotatable bonds is 5. The number of carbonyl (C=O) groups excluding carboxylic acids is 2. The van der Waals surface area contributed by atoms with E-state index in [9.17, 15) is 14.7 Å². The van der Waals surface area contributed by atoms with Gasteiger partial charge in [0.25, 0.3) is 5.91 Å². The SMILES string of the molecule is CC(C)c1ccc(OC2CCN(c3cccc(C(=O)[O-])c3)C2=O)cc1.[Na+]. The Morgan fingerprint density at radius 1 is 1.19 bits per heavy atom. The number of ether oxygens (including phenoxy) is 1. The molecule has 130 valence electrons. The van der Waals surface area contributed by atoms with Crippen LogP contribution in [0.1, 0.15) is 42.1 Å². The van der Waals surface area contributed by atoms with Crippen LogP contribution in [0.2, 0.25) is 0 Å². The molecule has 1 aliphatic heterocycles. The van der Waals surface area contributed by atoms with E-state index in [2.05, 4.69) is 13.8 Å². The van der Waals surface area contributed by atoms with E-state index >= 15 is 0 Å². The van der Waals surface area contributed by atoms with E-state index in [1.807, 2.05) is 24.3 Å². The topological polar surface area (TPSA) is 69.7 Å². The third-order valence-electron chi connectivity index (χ3n) is 4.38. The van der Waals surface area contributed by atoms with Crippen LogP contribution in [0.4, 0.5) is 5.69 Å². The van der Waals surface area contributed by atoms with Gasteiger partial charge in [-0.1, -0.05) is 38.1 Å². The first-order valence-corrected chi connectivity index (χ1v) is 8.35. The standard InChI is InChI=1S/C20H21NO4.Na/c1-13(2)14-6-8-17(9-7-14)25-18-10-11-21(19(18)22)16-5-3-4-15(12-16)20(23)24;/h3-9,12-13,18H,10-11H2,1-2H3,(H,23,24);/q;+1/p-1. The Labute approximate surface area is 175 Å². The predicted molar refractivity (Wildman–Crippen MR) is 92.7 cm³/mol. The first-order valence-electron chi connectivity index (χ1n) is 8.35. The summed E-state index contributed by atoms with van der Waals surface area (Å²) in [5.41, 5.74) is 1.82. The van der Waals surface area contributed by atoms with Gasteiger partial charge in [0.05, 0.1) is 5.97 Å². The van der Waals surface area contributed by atoms with Crippen molar-refractivity contribution in [1.29, 1.82) is 0 Å². The number of carboxylic acids is 1. The van der Waals surface area contributed by atoms with Crippen molar-refractivity contribution < 1.29 is 49.0 Å². The molecule has 1 heterocycles. The number of carbonyl (C=O) groups is 2. The van der Waals surface area contributed by atoms with Gasteiger partial charge in [0.1, 0.15) is 5.75 Å². The normalized spacial score (nSPS) is 16.5. The smallest absolute Gasteiger partial charge is 0.545 e. The Bertz CT molecular complexity index is 789. The van der Waals surface area contributed by atoms with Crippen molar-refractivity contribution >= 4 is 17.6 Å². The average Bonchev–Trinajstić information content (AvgIpc) is 2.96. The molecule has 2 aromatic rings. The first kappa shape index (κ1) is 20.5. The number of hydrogen-bond acceptors (Lipinski definition) is 4. The van der Waals surface area contributed by atoms with E-state index in [-0.39, 0.29) is 41.0 Å². The van der Waals surface area contributed by atoms with Crippen molar-refractivity contribution in [1.82, 2.24) is 0 Å². The summed E-state index contributed by atoms with van der Waals surface area (Å²) in [6.07, 6.45) is -0.00292. The second kappa shape index (κ2) is 8.71. The fraction of sp³-hybridized carbons (Fsp3) is 0.300. The molecule has 1 atom stereocenters. The number of hydrogen-bond donors (Lipinski definition) is 0. The van der Waals surface area contributed by atoms with E-state index in [0.29, 0.717) is 30.3 Å². The summed E-state index contributed by atoms with van der Waals surface area (Å²) in [5, 5.41) is 11.0. The predicted octanol–water partition coefficient (Wildman–Crippen LogP) is -0.638. The Hall–Kier alpha value is -1.82. The molecule has 2 aromatic carbocycles. The number of benzene rings is 2. The molecule has 1 unspecified atom stereocenters. The van der Waals surface area contributed by atoms with Crippen molar-refractivity contribution in [2.24, 2.45) is 0 Å². The zero-order valence-electron chi connectivity index (χ0n) is 15.3. The van der Waals surface area contributed by atoms with Crippen molar-refractivity contribution in [3.05, 3.63) is 59.7 Å². The molecule has 0 bridgehead atoms. The van der Waals surface area contributed by atoms with Crippen LogP contribution in [-0.4, -0.2) is 24.5 Å². The third-order valence-corrected chi connectivity index (χ3v) is 4.38. The molecular weight excluding hydrogens is 341 g/mol. The molecule has 1 saturated heterocycles. The van der Waals surface area contributed by atoms with Crippen LogP contribution in [0, 0.1) is 0 Å². The van der Waals surface area contributed by atoms with E-state index in [4.69, 9.17) is 4.74 Å². The molecular formula is C20H20NNaO4. The van der Waals surface area contributed by atoms with Gasteiger partial charge in [-0.3, -0.25) is 4.79 Å². The molecule has 1 aliphatic rings. The maximum Gasteiger partial charge on any atom is 1.00 e. The van der Waals surface area contributed by atoms with Crippen LogP contribution in [0.3, 0.4) is 0 Å². The second-order valence-electron chi connectivity index (χ2n) is 6.45. The summed E-state index contributed by atoms with van der Waals surface area (Å²) in [5.74, 6) is -0.322. The summed E-state index contributed by atoms with van der Waals surface area (Å²) in [7, 11) is 0.